The third-order valence-corrected chi connectivity index (χ3v) is 1.76. The van der Waals surface area contributed by atoms with Gasteiger partial charge in [0.15, 0.2) is 0 Å². The zero-order valence-corrected chi connectivity index (χ0v) is 8.65. The summed E-state index contributed by atoms with van der Waals surface area (Å²) in [6, 6.07) is 0. The highest BCUT2D eigenvalue weighted by atomic mass is 127. The maximum atomic E-state index is 11.9. The Labute approximate surface area is 87.1 Å². The molecule has 72 valence electrons. The predicted octanol–water partition coefficient (Wildman–Crippen LogP) is 3.18. The van der Waals surface area contributed by atoms with Gasteiger partial charge in [0.25, 0.3) is 0 Å². The Bertz CT molecular complexity index is 276. The Morgan fingerprint density at radius 1 is 1.38 bits per heavy atom. The molecule has 0 aliphatic carbocycles. The Hall–Kier alpha value is -0.590. The van der Waals surface area contributed by atoms with Crippen molar-refractivity contribution in [1.29, 1.82) is 0 Å². The highest BCUT2D eigenvalue weighted by molar-refractivity contribution is 14.1. The first kappa shape index (κ1) is 12.4. The van der Waals surface area contributed by atoms with Crippen molar-refractivity contribution in [2.75, 3.05) is 0 Å². The molecule has 0 rings (SSSR count). The lowest BCUT2D eigenvalue weighted by atomic mass is 10.2. The van der Waals surface area contributed by atoms with Gasteiger partial charge in [-0.1, -0.05) is 19.2 Å². The fourth-order valence-corrected chi connectivity index (χ4v) is 0.841. The second kappa shape index (κ2) is 4.59. The minimum Gasteiger partial charge on any atom is -0.282 e. The summed E-state index contributed by atoms with van der Waals surface area (Å²) in [6.45, 7) is 6.01. The van der Waals surface area contributed by atoms with E-state index < -0.39 is 15.5 Å². The third-order valence-electron chi connectivity index (χ3n) is 1.14. The van der Waals surface area contributed by atoms with Gasteiger partial charge in [-0.25, -0.2) is 0 Å². The van der Waals surface area contributed by atoms with Gasteiger partial charge in [-0.15, -0.1) is 0 Å². The lowest BCUT2D eigenvalue weighted by molar-refractivity contribution is -0.106. The fourth-order valence-electron chi connectivity index (χ4n) is 0.465. The lowest BCUT2D eigenvalue weighted by Gasteiger charge is -2.05. The van der Waals surface area contributed by atoms with Crippen molar-refractivity contribution in [1.82, 2.24) is 0 Å². The molecule has 0 unspecified atom stereocenters. The van der Waals surface area contributed by atoms with Crippen LogP contribution in [0.25, 0.3) is 0 Å². The van der Waals surface area contributed by atoms with Crippen molar-refractivity contribution in [3.63, 3.8) is 0 Å². The van der Waals surface area contributed by atoms with Crippen molar-refractivity contribution >= 4 is 26.4 Å². The van der Waals surface area contributed by atoms with Crippen LogP contribution in [-0.2, 0) is 4.79 Å². The number of carbonyl (C=O) groups is 1. The molecule has 0 saturated heterocycles. The van der Waals surface area contributed by atoms with E-state index in [0.29, 0.717) is 6.08 Å². The van der Waals surface area contributed by atoms with Gasteiger partial charge in [-0.05, 0) is 6.08 Å². The van der Waals surface area contributed by atoms with Crippen molar-refractivity contribution in [3.05, 3.63) is 36.5 Å². The van der Waals surface area contributed by atoms with Crippen LogP contribution in [0, 0.1) is 0 Å². The van der Waals surface area contributed by atoms with Crippen molar-refractivity contribution in [2.45, 2.75) is 6.18 Å². The fraction of sp³-hybridized carbons (Fsp3) is 0.125. The molecule has 5 heteroatoms. The van der Waals surface area contributed by atoms with Gasteiger partial charge in [0.2, 0.25) is 3.79 Å². The molecule has 0 aromatic carbocycles. The SMILES string of the molecule is C=C/C(=C\C(=C)C(F)(F)F)C(=O)I. The maximum Gasteiger partial charge on any atom is 0.415 e. The quantitative estimate of drug-likeness (QED) is 0.339. The van der Waals surface area contributed by atoms with Crippen LogP contribution >= 0.6 is 22.6 Å². The molecule has 0 atom stereocenters. The largest absolute Gasteiger partial charge is 0.415 e. The van der Waals surface area contributed by atoms with E-state index in [9.17, 15) is 18.0 Å². The minimum absolute atomic E-state index is 0.108. The van der Waals surface area contributed by atoms with E-state index in [1.54, 1.807) is 0 Å². The Balaban J connectivity index is 4.83. The molecule has 0 fully saturated rings. The highest BCUT2D eigenvalue weighted by Gasteiger charge is 2.30. The Kier molecular flexibility index (Phi) is 4.38. The van der Waals surface area contributed by atoms with Crippen LogP contribution in [0.5, 0.6) is 0 Å². The van der Waals surface area contributed by atoms with Crippen molar-refractivity contribution in [3.8, 4) is 0 Å². The first-order valence-electron chi connectivity index (χ1n) is 3.09. The van der Waals surface area contributed by atoms with Crippen LogP contribution < -0.4 is 0 Å². The van der Waals surface area contributed by atoms with Crippen LogP contribution in [0.15, 0.2) is 36.5 Å². The molecule has 0 bridgehead atoms. The second-order valence-electron chi connectivity index (χ2n) is 2.10. The molecule has 0 aromatic rings. The normalized spacial score (nSPS) is 12.5. The van der Waals surface area contributed by atoms with Crippen LogP contribution in [0.1, 0.15) is 0 Å². The minimum atomic E-state index is -4.50. The lowest BCUT2D eigenvalue weighted by Crippen LogP contribution is -2.09. The second-order valence-corrected chi connectivity index (χ2v) is 3.08. The van der Waals surface area contributed by atoms with Gasteiger partial charge in [0.05, 0.1) is 0 Å². The summed E-state index contributed by atoms with van der Waals surface area (Å²) in [5, 5.41) is 0. The van der Waals surface area contributed by atoms with Gasteiger partial charge >= 0.3 is 6.18 Å². The number of alkyl halides is 3. The van der Waals surface area contributed by atoms with Gasteiger partial charge in [-0.2, -0.15) is 13.2 Å². The zero-order chi connectivity index (χ0) is 10.6. The van der Waals surface area contributed by atoms with Crippen molar-refractivity contribution < 1.29 is 18.0 Å². The van der Waals surface area contributed by atoms with Crippen molar-refractivity contribution in [2.24, 2.45) is 0 Å². The van der Waals surface area contributed by atoms with Crippen LogP contribution in [0.2, 0.25) is 0 Å². The Morgan fingerprint density at radius 3 is 2.08 bits per heavy atom. The van der Waals surface area contributed by atoms with Crippen LogP contribution in [0.4, 0.5) is 13.2 Å². The van der Waals surface area contributed by atoms with E-state index in [2.05, 4.69) is 13.2 Å². The van der Waals surface area contributed by atoms with E-state index >= 15 is 0 Å². The number of rotatable bonds is 3. The van der Waals surface area contributed by atoms with E-state index in [4.69, 9.17) is 0 Å². The van der Waals surface area contributed by atoms with E-state index in [1.165, 1.54) is 22.6 Å². The summed E-state index contributed by atoms with van der Waals surface area (Å²) < 4.78 is 35.2. The number of hydrogen-bond donors (Lipinski definition) is 0. The molecule has 0 aliphatic heterocycles. The van der Waals surface area contributed by atoms with Crippen LogP contribution in [-0.4, -0.2) is 9.97 Å². The molecule has 0 heterocycles. The molecule has 0 aliphatic rings. The average molecular weight is 302 g/mol. The summed E-state index contributed by atoms with van der Waals surface area (Å²) in [6.07, 6.45) is -2.77. The molecule has 0 amide bonds. The molecule has 0 spiro atoms. The number of halogens is 4. The van der Waals surface area contributed by atoms with Gasteiger partial charge < -0.3 is 0 Å². The first-order valence-corrected chi connectivity index (χ1v) is 4.17. The predicted molar refractivity (Wildman–Crippen MR) is 52.5 cm³/mol. The smallest absolute Gasteiger partial charge is 0.282 e. The van der Waals surface area contributed by atoms with E-state index in [-0.39, 0.29) is 5.57 Å². The third kappa shape index (κ3) is 4.25. The highest BCUT2D eigenvalue weighted by Crippen LogP contribution is 2.26. The molecule has 0 N–H and O–H groups in total. The summed E-state index contributed by atoms with van der Waals surface area (Å²) in [7, 11) is 0. The van der Waals surface area contributed by atoms with Gasteiger partial charge in [0, 0.05) is 33.7 Å². The average Bonchev–Trinajstić information content (AvgIpc) is 1.96. The summed E-state index contributed by atoms with van der Waals surface area (Å²) >= 11 is 1.38. The Morgan fingerprint density at radius 2 is 1.85 bits per heavy atom. The molecule has 1 nitrogen and oxygen atoms in total. The first-order chi connectivity index (χ1) is 5.79. The summed E-state index contributed by atoms with van der Waals surface area (Å²) in [5.41, 5.74) is -1.17. The van der Waals surface area contributed by atoms with Gasteiger partial charge in [0.1, 0.15) is 0 Å². The molecule has 13 heavy (non-hydrogen) atoms. The zero-order valence-electron chi connectivity index (χ0n) is 6.49. The number of carbonyl (C=O) groups excluding carboxylic acids is 1. The molecule has 0 radical (unpaired) electrons. The summed E-state index contributed by atoms with van der Waals surface area (Å²) in [5.74, 6) is 0. The number of allylic oxidation sites excluding steroid dienone is 4. The molecular weight excluding hydrogens is 296 g/mol. The molecule has 0 aromatic heterocycles. The van der Waals surface area contributed by atoms with Crippen LogP contribution in [0.3, 0.4) is 0 Å². The number of hydrogen-bond acceptors (Lipinski definition) is 1. The maximum absolute atomic E-state index is 11.9. The van der Waals surface area contributed by atoms with E-state index in [0.717, 1.165) is 6.08 Å². The topological polar surface area (TPSA) is 17.1 Å². The summed E-state index contributed by atoms with van der Waals surface area (Å²) in [4.78, 5) is 10.7. The molecule has 0 saturated carbocycles. The standard InChI is InChI=1S/C8H6F3IO/c1-3-6(7(12)13)4-5(2)8(9,10)11/h3-4H,1-2H2/b6-4+. The van der Waals surface area contributed by atoms with Gasteiger partial charge in [-0.3, -0.25) is 4.79 Å². The molecular formula is C8H6F3IO. The monoisotopic (exact) mass is 302 g/mol. The van der Waals surface area contributed by atoms with E-state index in [1.807, 2.05) is 0 Å².